The number of hydrogen-bond donors (Lipinski definition) is 2. The van der Waals surface area contributed by atoms with E-state index in [1.54, 1.807) is 11.3 Å². The SMILES string of the molecule is O=C(NCC1CC1)c1csc2c1CNCC2. The molecule has 0 bridgehead atoms. The van der Waals surface area contributed by atoms with Crippen molar-refractivity contribution >= 4 is 17.2 Å². The molecule has 0 spiro atoms. The smallest absolute Gasteiger partial charge is 0.252 e. The van der Waals surface area contributed by atoms with Crippen molar-refractivity contribution in [3.05, 3.63) is 21.4 Å². The second kappa shape index (κ2) is 4.18. The Hall–Kier alpha value is -0.870. The summed E-state index contributed by atoms with van der Waals surface area (Å²) in [6.45, 7) is 2.75. The Labute approximate surface area is 99.2 Å². The number of rotatable bonds is 3. The molecule has 0 unspecified atom stereocenters. The van der Waals surface area contributed by atoms with Crippen LogP contribution in [0.15, 0.2) is 5.38 Å². The fourth-order valence-corrected chi connectivity index (χ4v) is 3.14. The summed E-state index contributed by atoms with van der Waals surface area (Å²) in [4.78, 5) is 13.4. The highest BCUT2D eigenvalue weighted by atomic mass is 32.1. The average molecular weight is 236 g/mol. The first kappa shape index (κ1) is 10.3. The van der Waals surface area contributed by atoms with Crippen LogP contribution >= 0.6 is 11.3 Å². The molecule has 1 saturated carbocycles. The highest BCUT2D eigenvalue weighted by Gasteiger charge is 2.24. The van der Waals surface area contributed by atoms with Crippen molar-refractivity contribution in [3.63, 3.8) is 0 Å². The van der Waals surface area contributed by atoms with Gasteiger partial charge in [-0.15, -0.1) is 11.3 Å². The van der Waals surface area contributed by atoms with E-state index in [1.807, 2.05) is 5.38 Å². The number of carbonyl (C=O) groups is 1. The third-order valence-corrected chi connectivity index (χ3v) is 4.39. The molecule has 1 aliphatic carbocycles. The Balaban J connectivity index is 1.71. The zero-order valence-electron chi connectivity index (χ0n) is 9.21. The van der Waals surface area contributed by atoms with Gasteiger partial charge in [-0.25, -0.2) is 0 Å². The third-order valence-electron chi connectivity index (χ3n) is 3.30. The van der Waals surface area contributed by atoms with E-state index in [0.717, 1.165) is 37.5 Å². The Morgan fingerprint density at radius 1 is 1.56 bits per heavy atom. The monoisotopic (exact) mass is 236 g/mol. The molecule has 2 aliphatic rings. The molecule has 4 heteroatoms. The van der Waals surface area contributed by atoms with Crippen molar-refractivity contribution in [2.75, 3.05) is 13.1 Å². The van der Waals surface area contributed by atoms with Gasteiger partial charge in [-0.1, -0.05) is 0 Å². The Morgan fingerprint density at radius 3 is 3.25 bits per heavy atom. The number of nitrogens with one attached hydrogen (secondary N) is 2. The average Bonchev–Trinajstić information content (AvgIpc) is 3.04. The zero-order valence-corrected chi connectivity index (χ0v) is 10.0. The molecule has 3 nitrogen and oxygen atoms in total. The Bertz CT molecular complexity index is 409. The standard InChI is InChI=1S/C12H16N2OS/c15-12(14-5-8-1-2-8)10-7-16-11-3-4-13-6-9(10)11/h7-8,13H,1-6H2,(H,14,15). The lowest BCUT2D eigenvalue weighted by Crippen LogP contribution is -2.29. The van der Waals surface area contributed by atoms with Gasteiger partial charge in [0.2, 0.25) is 0 Å². The van der Waals surface area contributed by atoms with Gasteiger partial charge in [0.25, 0.3) is 5.91 Å². The van der Waals surface area contributed by atoms with Crippen LogP contribution in [0, 0.1) is 5.92 Å². The van der Waals surface area contributed by atoms with E-state index in [-0.39, 0.29) is 5.91 Å². The predicted octanol–water partition coefficient (Wildman–Crippen LogP) is 1.53. The lowest BCUT2D eigenvalue weighted by atomic mass is 10.1. The minimum absolute atomic E-state index is 0.119. The highest BCUT2D eigenvalue weighted by molar-refractivity contribution is 7.10. The molecule has 2 heterocycles. The van der Waals surface area contributed by atoms with Gasteiger partial charge in [0.05, 0.1) is 5.56 Å². The van der Waals surface area contributed by atoms with Crippen LogP contribution in [0.4, 0.5) is 0 Å². The summed E-state index contributed by atoms with van der Waals surface area (Å²) in [5, 5.41) is 8.38. The van der Waals surface area contributed by atoms with Crippen molar-refractivity contribution in [2.45, 2.75) is 25.8 Å². The first-order valence-electron chi connectivity index (χ1n) is 5.93. The maximum Gasteiger partial charge on any atom is 0.252 e. The van der Waals surface area contributed by atoms with Crippen molar-refractivity contribution < 1.29 is 4.79 Å². The number of thiophene rings is 1. The predicted molar refractivity (Wildman–Crippen MR) is 64.8 cm³/mol. The normalized spacial score (nSPS) is 19.2. The molecule has 0 radical (unpaired) electrons. The van der Waals surface area contributed by atoms with Gasteiger partial charge < -0.3 is 10.6 Å². The van der Waals surface area contributed by atoms with Gasteiger partial charge in [0, 0.05) is 29.9 Å². The van der Waals surface area contributed by atoms with E-state index in [9.17, 15) is 4.79 Å². The molecule has 3 rings (SSSR count). The summed E-state index contributed by atoms with van der Waals surface area (Å²) in [5.41, 5.74) is 2.12. The molecular weight excluding hydrogens is 220 g/mol. The van der Waals surface area contributed by atoms with Crippen molar-refractivity contribution in [1.82, 2.24) is 10.6 Å². The summed E-state index contributed by atoms with van der Waals surface area (Å²) in [5.74, 6) is 0.865. The van der Waals surface area contributed by atoms with Crippen LogP contribution < -0.4 is 10.6 Å². The van der Waals surface area contributed by atoms with Crippen LogP contribution in [0.2, 0.25) is 0 Å². The fourth-order valence-electron chi connectivity index (χ4n) is 2.09. The second-order valence-electron chi connectivity index (χ2n) is 4.63. The molecule has 0 saturated heterocycles. The van der Waals surface area contributed by atoms with Crippen molar-refractivity contribution in [2.24, 2.45) is 5.92 Å². The van der Waals surface area contributed by atoms with E-state index in [0.29, 0.717) is 0 Å². The van der Waals surface area contributed by atoms with Gasteiger partial charge in [0.1, 0.15) is 0 Å². The molecule has 1 amide bonds. The van der Waals surface area contributed by atoms with Crippen LogP contribution in [-0.2, 0) is 13.0 Å². The molecule has 1 aromatic rings. The molecular formula is C12H16N2OS. The van der Waals surface area contributed by atoms with E-state index in [1.165, 1.54) is 23.3 Å². The first-order valence-corrected chi connectivity index (χ1v) is 6.80. The summed E-state index contributed by atoms with van der Waals surface area (Å²) >= 11 is 1.73. The fraction of sp³-hybridized carbons (Fsp3) is 0.583. The van der Waals surface area contributed by atoms with Gasteiger partial charge in [-0.3, -0.25) is 4.79 Å². The molecule has 86 valence electrons. The van der Waals surface area contributed by atoms with Crippen molar-refractivity contribution in [1.29, 1.82) is 0 Å². The van der Waals surface area contributed by atoms with Gasteiger partial charge in [-0.05, 0) is 30.7 Å². The van der Waals surface area contributed by atoms with E-state index >= 15 is 0 Å². The first-order chi connectivity index (χ1) is 7.84. The summed E-state index contributed by atoms with van der Waals surface area (Å²) in [7, 11) is 0. The molecule has 1 fully saturated rings. The van der Waals surface area contributed by atoms with Crippen LogP contribution in [0.25, 0.3) is 0 Å². The number of fused-ring (bicyclic) bond motifs is 1. The number of hydrogen-bond acceptors (Lipinski definition) is 3. The quantitative estimate of drug-likeness (QED) is 0.835. The minimum Gasteiger partial charge on any atom is -0.352 e. The topological polar surface area (TPSA) is 41.1 Å². The van der Waals surface area contributed by atoms with E-state index in [4.69, 9.17) is 0 Å². The van der Waals surface area contributed by atoms with Gasteiger partial charge in [-0.2, -0.15) is 0 Å². The van der Waals surface area contributed by atoms with Crippen LogP contribution in [-0.4, -0.2) is 19.0 Å². The zero-order chi connectivity index (χ0) is 11.0. The van der Waals surface area contributed by atoms with Crippen molar-refractivity contribution in [3.8, 4) is 0 Å². The van der Waals surface area contributed by atoms with Gasteiger partial charge >= 0.3 is 0 Å². The highest BCUT2D eigenvalue weighted by Crippen LogP contribution is 2.28. The van der Waals surface area contributed by atoms with Gasteiger partial charge in [0.15, 0.2) is 0 Å². The molecule has 0 atom stereocenters. The maximum absolute atomic E-state index is 12.0. The number of carbonyl (C=O) groups excluding carboxylic acids is 1. The molecule has 16 heavy (non-hydrogen) atoms. The maximum atomic E-state index is 12.0. The largest absolute Gasteiger partial charge is 0.352 e. The Morgan fingerprint density at radius 2 is 2.44 bits per heavy atom. The lowest BCUT2D eigenvalue weighted by Gasteiger charge is -2.14. The molecule has 1 aromatic heterocycles. The summed E-state index contributed by atoms with van der Waals surface area (Å²) in [6, 6.07) is 0. The van der Waals surface area contributed by atoms with Crippen LogP contribution in [0.5, 0.6) is 0 Å². The van der Waals surface area contributed by atoms with E-state index in [2.05, 4.69) is 10.6 Å². The lowest BCUT2D eigenvalue weighted by molar-refractivity contribution is 0.0951. The molecule has 1 aliphatic heterocycles. The molecule has 2 N–H and O–H groups in total. The number of amides is 1. The van der Waals surface area contributed by atoms with Crippen LogP contribution in [0.1, 0.15) is 33.6 Å². The minimum atomic E-state index is 0.119. The molecule has 0 aromatic carbocycles. The summed E-state index contributed by atoms with van der Waals surface area (Å²) < 4.78 is 0. The Kier molecular flexibility index (Phi) is 2.69. The second-order valence-corrected chi connectivity index (χ2v) is 5.60. The third kappa shape index (κ3) is 1.99. The van der Waals surface area contributed by atoms with Crippen LogP contribution in [0.3, 0.4) is 0 Å². The van der Waals surface area contributed by atoms with E-state index < -0.39 is 0 Å². The summed E-state index contributed by atoms with van der Waals surface area (Å²) in [6.07, 6.45) is 3.63.